The van der Waals surface area contributed by atoms with Crippen LogP contribution in [0.3, 0.4) is 0 Å². The molecule has 2 N–H and O–H groups in total. The first-order valence-corrected chi connectivity index (χ1v) is 8.48. The zero-order valence-electron chi connectivity index (χ0n) is 11.0. The lowest BCUT2D eigenvalue weighted by Crippen LogP contribution is -2.45. The molecule has 4 nitrogen and oxygen atoms in total. The van der Waals surface area contributed by atoms with Crippen LogP contribution >= 0.6 is 0 Å². The van der Waals surface area contributed by atoms with Gasteiger partial charge in [0.15, 0.2) is 0 Å². The lowest BCUT2D eigenvalue weighted by Gasteiger charge is -2.23. The predicted molar refractivity (Wildman–Crippen MR) is 74.7 cm³/mol. The van der Waals surface area contributed by atoms with E-state index in [0.717, 1.165) is 45.2 Å². The minimum atomic E-state index is -3.37. The molecule has 0 aromatic heterocycles. The molecule has 1 aliphatic heterocycles. The van der Waals surface area contributed by atoms with E-state index in [9.17, 15) is 8.42 Å². The van der Waals surface area contributed by atoms with Crippen LogP contribution in [0.5, 0.6) is 0 Å². The van der Waals surface area contributed by atoms with E-state index in [1.165, 1.54) is 11.1 Å². The van der Waals surface area contributed by atoms with E-state index in [0.29, 0.717) is 4.90 Å². The van der Waals surface area contributed by atoms with Crippen LogP contribution in [0.25, 0.3) is 0 Å². The zero-order chi connectivity index (χ0) is 13.3. The molecule has 1 heterocycles. The number of aryl methyl sites for hydroxylation is 2. The van der Waals surface area contributed by atoms with Gasteiger partial charge in [0.05, 0.1) is 4.90 Å². The first kappa shape index (κ1) is 13.1. The van der Waals surface area contributed by atoms with E-state index in [4.69, 9.17) is 0 Å². The number of fused-ring (bicyclic) bond motifs is 1. The van der Waals surface area contributed by atoms with Crippen molar-refractivity contribution < 1.29 is 8.42 Å². The van der Waals surface area contributed by atoms with Gasteiger partial charge >= 0.3 is 0 Å². The molecule has 0 unspecified atom stereocenters. The molecule has 1 aromatic carbocycles. The highest BCUT2D eigenvalue weighted by Crippen LogP contribution is 2.24. The Morgan fingerprint density at radius 2 is 2.00 bits per heavy atom. The maximum atomic E-state index is 12.4. The molecular weight excluding hydrogens is 260 g/mol. The SMILES string of the molecule is O=S(=O)(N[C@H]1CCCNC1)c1ccc2c(c1)CCC2. The minimum Gasteiger partial charge on any atom is -0.315 e. The van der Waals surface area contributed by atoms with Crippen molar-refractivity contribution in [2.45, 2.75) is 43.0 Å². The molecule has 1 atom stereocenters. The first-order valence-electron chi connectivity index (χ1n) is 7.00. The normalized spacial score (nSPS) is 23.3. The summed E-state index contributed by atoms with van der Waals surface area (Å²) in [5, 5.41) is 3.22. The van der Waals surface area contributed by atoms with Gasteiger partial charge in [0, 0.05) is 12.6 Å². The first-order chi connectivity index (χ1) is 9.15. The van der Waals surface area contributed by atoms with E-state index in [-0.39, 0.29) is 6.04 Å². The molecule has 0 saturated carbocycles. The van der Waals surface area contributed by atoms with Gasteiger partial charge in [0.1, 0.15) is 0 Å². The second-order valence-electron chi connectivity index (χ2n) is 5.45. The average molecular weight is 280 g/mol. The topological polar surface area (TPSA) is 58.2 Å². The van der Waals surface area contributed by atoms with Crippen LogP contribution in [-0.4, -0.2) is 27.5 Å². The van der Waals surface area contributed by atoms with Gasteiger partial charge in [-0.25, -0.2) is 13.1 Å². The summed E-state index contributed by atoms with van der Waals surface area (Å²) in [5.74, 6) is 0. The smallest absolute Gasteiger partial charge is 0.240 e. The van der Waals surface area contributed by atoms with Crippen LogP contribution in [0.2, 0.25) is 0 Å². The van der Waals surface area contributed by atoms with Crippen molar-refractivity contribution in [3.63, 3.8) is 0 Å². The number of rotatable bonds is 3. The van der Waals surface area contributed by atoms with Gasteiger partial charge in [-0.2, -0.15) is 0 Å². The van der Waals surface area contributed by atoms with E-state index in [2.05, 4.69) is 10.0 Å². The lowest BCUT2D eigenvalue weighted by atomic mass is 10.1. The summed E-state index contributed by atoms with van der Waals surface area (Å²) in [6.07, 6.45) is 5.16. The van der Waals surface area contributed by atoms with E-state index >= 15 is 0 Å². The molecule has 3 rings (SSSR count). The third kappa shape index (κ3) is 2.83. The summed E-state index contributed by atoms with van der Waals surface area (Å²) in [6, 6.07) is 5.58. The third-order valence-corrected chi connectivity index (χ3v) is 5.52. The number of benzene rings is 1. The molecule has 1 aliphatic carbocycles. The van der Waals surface area contributed by atoms with Crippen molar-refractivity contribution in [3.05, 3.63) is 29.3 Å². The fourth-order valence-electron chi connectivity index (χ4n) is 2.96. The largest absolute Gasteiger partial charge is 0.315 e. The van der Waals surface area contributed by atoms with Crippen molar-refractivity contribution >= 4 is 10.0 Å². The standard InChI is InChI=1S/C14H20N2O2S/c17-19(18,16-13-5-2-8-15-10-13)14-7-6-11-3-1-4-12(11)9-14/h6-7,9,13,15-16H,1-5,8,10H2/t13-/m0/s1. The van der Waals surface area contributed by atoms with Crippen molar-refractivity contribution in [3.8, 4) is 0 Å². The highest BCUT2D eigenvalue weighted by molar-refractivity contribution is 7.89. The number of hydrogen-bond donors (Lipinski definition) is 2. The third-order valence-electron chi connectivity index (χ3n) is 4.00. The second-order valence-corrected chi connectivity index (χ2v) is 7.16. The average Bonchev–Trinajstić information content (AvgIpc) is 2.86. The molecule has 1 saturated heterocycles. The van der Waals surface area contributed by atoms with Crippen LogP contribution in [0.4, 0.5) is 0 Å². The Bertz CT molecular complexity index is 563. The van der Waals surface area contributed by atoms with Gasteiger partial charge in [-0.05, 0) is 61.9 Å². The zero-order valence-corrected chi connectivity index (χ0v) is 11.8. The minimum absolute atomic E-state index is 0.0204. The van der Waals surface area contributed by atoms with E-state index < -0.39 is 10.0 Å². The molecule has 0 spiro atoms. The molecule has 0 amide bonds. The summed E-state index contributed by atoms with van der Waals surface area (Å²) in [4.78, 5) is 0.415. The van der Waals surface area contributed by atoms with Crippen molar-refractivity contribution in [2.75, 3.05) is 13.1 Å². The van der Waals surface area contributed by atoms with Crippen LogP contribution < -0.4 is 10.0 Å². The molecule has 19 heavy (non-hydrogen) atoms. The number of piperidine rings is 1. The number of hydrogen-bond acceptors (Lipinski definition) is 3. The Morgan fingerprint density at radius 1 is 1.16 bits per heavy atom. The van der Waals surface area contributed by atoms with Crippen molar-refractivity contribution in [1.82, 2.24) is 10.0 Å². The number of nitrogens with one attached hydrogen (secondary N) is 2. The summed E-state index contributed by atoms with van der Waals surface area (Å²) in [5.41, 5.74) is 2.50. The van der Waals surface area contributed by atoms with Crippen LogP contribution in [0.15, 0.2) is 23.1 Å². The summed E-state index contributed by atoms with van der Waals surface area (Å²) in [6.45, 7) is 1.71. The summed E-state index contributed by atoms with van der Waals surface area (Å²) >= 11 is 0. The quantitative estimate of drug-likeness (QED) is 0.875. The fourth-order valence-corrected chi connectivity index (χ4v) is 4.28. The highest BCUT2D eigenvalue weighted by Gasteiger charge is 2.23. The van der Waals surface area contributed by atoms with Gasteiger partial charge in [-0.1, -0.05) is 6.07 Å². The number of sulfonamides is 1. The van der Waals surface area contributed by atoms with Crippen molar-refractivity contribution in [1.29, 1.82) is 0 Å². The molecule has 1 aromatic rings. The molecule has 2 aliphatic rings. The second kappa shape index (κ2) is 5.23. The Morgan fingerprint density at radius 3 is 2.79 bits per heavy atom. The Hall–Kier alpha value is -0.910. The van der Waals surface area contributed by atoms with Crippen LogP contribution in [0.1, 0.15) is 30.4 Å². The molecule has 5 heteroatoms. The van der Waals surface area contributed by atoms with Gasteiger partial charge in [0.25, 0.3) is 0 Å². The van der Waals surface area contributed by atoms with Gasteiger partial charge in [-0.3, -0.25) is 0 Å². The van der Waals surface area contributed by atoms with Gasteiger partial charge < -0.3 is 5.32 Å². The van der Waals surface area contributed by atoms with Gasteiger partial charge in [0.2, 0.25) is 10.0 Å². The van der Waals surface area contributed by atoms with Gasteiger partial charge in [-0.15, -0.1) is 0 Å². The predicted octanol–water partition coefficient (Wildman–Crippen LogP) is 1.21. The highest BCUT2D eigenvalue weighted by atomic mass is 32.2. The van der Waals surface area contributed by atoms with Crippen molar-refractivity contribution in [2.24, 2.45) is 0 Å². The Labute approximate surface area is 114 Å². The maximum Gasteiger partial charge on any atom is 0.240 e. The Balaban J connectivity index is 1.79. The Kier molecular flexibility index (Phi) is 3.60. The molecular formula is C14H20N2O2S. The maximum absolute atomic E-state index is 12.4. The summed E-state index contributed by atoms with van der Waals surface area (Å²) in [7, 11) is -3.37. The monoisotopic (exact) mass is 280 g/mol. The summed E-state index contributed by atoms with van der Waals surface area (Å²) < 4.78 is 27.5. The lowest BCUT2D eigenvalue weighted by molar-refractivity contribution is 0.428. The molecule has 0 bridgehead atoms. The van der Waals surface area contributed by atoms with E-state index in [1.807, 2.05) is 12.1 Å². The van der Waals surface area contributed by atoms with Crippen LogP contribution in [0, 0.1) is 0 Å². The molecule has 0 radical (unpaired) electrons. The van der Waals surface area contributed by atoms with E-state index in [1.54, 1.807) is 6.07 Å². The molecule has 1 fully saturated rings. The fraction of sp³-hybridized carbons (Fsp3) is 0.571. The van der Waals surface area contributed by atoms with Crippen LogP contribution in [-0.2, 0) is 22.9 Å². The molecule has 104 valence electrons.